The van der Waals surface area contributed by atoms with Crippen molar-refractivity contribution in [3.8, 4) is 0 Å². The van der Waals surface area contributed by atoms with Crippen LogP contribution in [0.3, 0.4) is 0 Å². The van der Waals surface area contributed by atoms with Crippen molar-refractivity contribution in [2.24, 2.45) is 5.73 Å². The van der Waals surface area contributed by atoms with E-state index in [0.29, 0.717) is 20.8 Å². The fraction of sp³-hybridized carbons (Fsp3) is 0.273. The third-order valence-electron chi connectivity index (χ3n) is 2.40. The average Bonchev–Trinajstić information content (AvgIpc) is 2.76. The Balaban J connectivity index is 1.94. The molecule has 0 aromatic carbocycles. The van der Waals surface area contributed by atoms with E-state index in [9.17, 15) is 9.59 Å². The Kier molecular flexibility index (Phi) is 4.43. The van der Waals surface area contributed by atoms with Gasteiger partial charge in [0.1, 0.15) is 16.3 Å². The number of hydrogen-bond acceptors (Lipinski definition) is 7. The zero-order valence-electron chi connectivity index (χ0n) is 10.5. The van der Waals surface area contributed by atoms with E-state index in [1.807, 2.05) is 0 Å². The lowest BCUT2D eigenvalue weighted by molar-refractivity contribution is -0.122. The van der Waals surface area contributed by atoms with E-state index < -0.39 is 5.91 Å². The van der Waals surface area contributed by atoms with Crippen LogP contribution in [0.15, 0.2) is 12.3 Å². The minimum Gasteiger partial charge on any atom is -0.397 e. The molecular formula is C11H13N5O3S. The lowest BCUT2D eigenvalue weighted by Gasteiger charge is -2.04. The number of primary amides is 1. The van der Waals surface area contributed by atoms with Crippen LogP contribution < -0.4 is 16.8 Å². The minimum atomic E-state index is -0.552. The number of nitrogens with one attached hydrogen (secondary N) is 1. The second-order valence-electron chi connectivity index (χ2n) is 3.87. The van der Waals surface area contributed by atoms with Gasteiger partial charge < -0.3 is 21.5 Å². The molecule has 0 saturated carbocycles. The highest BCUT2D eigenvalue weighted by atomic mass is 32.1. The quantitative estimate of drug-likeness (QED) is 0.615. The number of nitrogens with zero attached hydrogens (tertiary/aromatic N) is 2. The van der Waals surface area contributed by atoms with Crippen LogP contribution in [0.1, 0.15) is 9.67 Å². The van der Waals surface area contributed by atoms with Crippen molar-refractivity contribution in [2.75, 3.05) is 25.5 Å². The molecule has 8 nitrogen and oxygen atoms in total. The lowest BCUT2D eigenvalue weighted by Crippen LogP contribution is -2.28. The number of hydrogen-bond donors (Lipinski definition) is 3. The Labute approximate surface area is 118 Å². The highest BCUT2D eigenvalue weighted by Gasteiger charge is 2.16. The van der Waals surface area contributed by atoms with Crippen LogP contribution in [0.25, 0.3) is 10.2 Å². The van der Waals surface area contributed by atoms with Gasteiger partial charge >= 0.3 is 0 Å². The molecular weight excluding hydrogens is 282 g/mol. The number of thiophene rings is 1. The van der Waals surface area contributed by atoms with Crippen molar-refractivity contribution in [1.82, 2.24) is 15.5 Å². The first-order chi connectivity index (χ1) is 9.59. The number of nitrogen functional groups attached to an aromatic ring is 1. The summed E-state index contributed by atoms with van der Waals surface area (Å²) < 4.78 is 4.93. The number of ether oxygens (including phenoxy) is 1. The molecule has 2 amide bonds. The Hall–Kier alpha value is -2.26. The highest BCUT2D eigenvalue weighted by Crippen LogP contribution is 2.31. The van der Waals surface area contributed by atoms with Crippen LogP contribution in [0.4, 0.5) is 5.69 Å². The molecule has 2 rings (SSSR count). The smallest absolute Gasteiger partial charge is 0.263 e. The molecule has 0 radical (unpaired) electrons. The zero-order chi connectivity index (χ0) is 14.5. The number of nitrogens with two attached hydrogens (primary N) is 2. The number of fused-ring (bicyclic) bond motifs is 1. The molecule has 0 atom stereocenters. The molecule has 106 valence electrons. The summed E-state index contributed by atoms with van der Waals surface area (Å²) in [7, 11) is 0. The molecule has 9 heteroatoms. The number of carbonyl (C=O) groups excluding carboxylic acids is 2. The van der Waals surface area contributed by atoms with Crippen molar-refractivity contribution in [3.63, 3.8) is 0 Å². The first kappa shape index (κ1) is 14.2. The predicted molar refractivity (Wildman–Crippen MR) is 74.2 cm³/mol. The molecule has 0 fully saturated rings. The summed E-state index contributed by atoms with van der Waals surface area (Å²) in [6.45, 7) is 0.279. The topological polar surface area (TPSA) is 133 Å². The maximum Gasteiger partial charge on any atom is 0.263 e. The van der Waals surface area contributed by atoms with Gasteiger partial charge in [0.25, 0.3) is 5.91 Å². The van der Waals surface area contributed by atoms with E-state index in [0.717, 1.165) is 0 Å². The van der Waals surface area contributed by atoms with Gasteiger partial charge in [0.15, 0.2) is 0 Å². The fourth-order valence-electron chi connectivity index (χ4n) is 1.53. The largest absolute Gasteiger partial charge is 0.397 e. The summed E-state index contributed by atoms with van der Waals surface area (Å²) in [5.41, 5.74) is 11.2. The van der Waals surface area contributed by atoms with E-state index in [-0.39, 0.29) is 25.7 Å². The lowest BCUT2D eigenvalue weighted by atomic mass is 10.3. The third-order valence-corrected chi connectivity index (χ3v) is 3.51. The van der Waals surface area contributed by atoms with Crippen molar-refractivity contribution in [3.05, 3.63) is 17.1 Å². The number of carbonyl (C=O) groups is 2. The van der Waals surface area contributed by atoms with Crippen molar-refractivity contribution in [1.29, 1.82) is 0 Å². The predicted octanol–water partition coefficient (Wildman–Crippen LogP) is -0.495. The van der Waals surface area contributed by atoms with Gasteiger partial charge in [-0.15, -0.1) is 16.4 Å². The van der Waals surface area contributed by atoms with Crippen LogP contribution >= 0.6 is 11.3 Å². The van der Waals surface area contributed by atoms with Crippen LogP contribution in [-0.2, 0) is 9.53 Å². The van der Waals surface area contributed by atoms with Crippen LogP contribution in [0.2, 0.25) is 0 Å². The summed E-state index contributed by atoms with van der Waals surface area (Å²) in [5.74, 6) is -0.864. The maximum absolute atomic E-state index is 12.0. The van der Waals surface area contributed by atoms with Gasteiger partial charge in [0, 0.05) is 11.9 Å². The zero-order valence-corrected chi connectivity index (χ0v) is 11.3. The molecule has 0 bridgehead atoms. The Morgan fingerprint density at radius 3 is 2.95 bits per heavy atom. The molecule has 0 aliphatic rings. The Morgan fingerprint density at radius 2 is 2.25 bits per heavy atom. The molecule has 5 N–H and O–H groups in total. The monoisotopic (exact) mass is 295 g/mol. The maximum atomic E-state index is 12.0. The summed E-state index contributed by atoms with van der Waals surface area (Å²) >= 11 is 1.18. The summed E-state index contributed by atoms with van der Waals surface area (Å²) in [4.78, 5) is 23.4. The number of amides is 2. The van der Waals surface area contributed by atoms with Gasteiger partial charge in [-0.25, -0.2) is 0 Å². The normalized spacial score (nSPS) is 10.6. The first-order valence-corrected chi connectivity index (χ1v) is 6.55. The van der Waals surface area contributed by atoms with Gasteiger partial charge in [-0.05, 0) is 6.07 Å². The van der Waals surface area contributed by atoms with E-state index in [2.05, 4.69) is 15.5 Å². The molecule has 0 aliphatic heterocycles. The first-order valence-electron chi connectivity index (χ1n) is 5.73. The van der Waals surface area contributed by atoms with Gasteiger partial charge in [0.2, 0.25) is 5.91 Å². The molecule has 2 aromatic rings. The number of rotatable bonds is 6. The molecule has 20 heavy (non-hydrogen) atoms. The number of aromatic nitrogens is 2. The molecule has 2 aromatic heterocycles. The SMILES string of the molecule is NC(=O)COCCNC(=O)c1sc2nnccc2c1N. The van der Waals surface area contributed by atoms with E-state index in [4.69, 9.17) is 16.2 Å². The molecule has 0 saturated heterocycles. The molecule has 2 heterocycles. The van der Waals surface area contributed by atoms with E-state index >= 15 is 0 Å². The van der Waals surface area contributed by atoms with Gasteiger partial charge in [-0.1, -0.05) is 0 Å². The van der Waals surface area contributed by atoms with Crippen LogP contribution in [0.5, 0.6) is 0 Å². The number of anilines is 1. The Morgan fingerprint density at radius 1 is 1.45 bits per heavy atom. The van der Waals surface area contributed by atoms with Gasteiger partial charge in [-0.2, -0.15) is 5.10 Å². The summed E-state index contributed by atoms with van der Waals surface area (Å²) in [5, 5.41) is 11.0. The van der Waals surface area contributed by atoms with Crippen LogP contribution in [-0.4, -0.2) is 41.8 Å². The van der Waals surface area contributed by atoms with Crippen molar-refractivity contribution >= 4 is 39.1 Å². The average molecular weight is 295 g/mol. The minimum absolute atomic E-state index is 0.170. The van der Waals surface area contributed by atoms with E-state index in [1.165, 1.54) is 17.5 Å². The van der Waals surface area contributed by atoms with Crippen molar-refractivity contribution in [2.45, 2.75) is 0 Å². The van der Waals surface area contributed by atoms with E-state index in [1.54, 1.807) is 6.07 Å². The van der Waals surface area contributed by atoms with Gasteiger partial charge in [-0.3, -0.25) is 9.59 Å². The molecule has 0 unspecified atom stereocenters. The van der Waals surface area contributed by atoms with Crippen molar-refractivity contribution < 1.29 is 14.3 Å². The highest BCUT2D eigenvalue weighted by molar-refractivity contribution is 7.21. The molecule has 0 aliphatic carbocycles. The summed E-state index contributed by atoms with van der Waals surface area (Å²) in [6.07, 6.45) is 1.52. The van der Waals surface area contributed by atoms with Gasteiger partial charge in [0.05, 0.1) is 18.5 Å². The third kappa shape index (κ3) is 3.19. The Bertz CT molecular complexity index is 642. The summed E-state index contributed by atoms with van der Waals surface area (Å²) in [6, 6.07) is 1.71. The fourth-order valence-corrected chi connectivity index (χ4v) is 2.49. The second-order valence-corrected chi connectivity index (χ2v) is 4.87. The van der Waals surface area contributed by atoms with Crippen LogP contribution in [0, 0.1) is 0 Å². The second kappa shape index (κ2) is 6.26. The standard InChI is InChI=1S/C11H13N5O3S/c12-7(17)5-19-4-3-14-10(18)9-8(13)6-1-2-15-16-11(6)20-9/h1-2H,3-5,13H2,(H2,12,17)(H,14,18). The molecule has 0 spiro atoms.